The van der Waals surface area contributed by atoms with Gasteiger partial charge in [-0.25, -0.2) is 0 Å². The van der Waals surface area contributed by atoms with Gasteiger partial charge in [-0.15, -0.1) is 11.6 Å². The first-order valence-corrected chi connectivity index (χ1v) is 4.99. The third-order valence-corrected chi connectivity index (χ3v) is 2.34. The van der Waals surface area contributed by atoms with E-state index < -0.39 is 10.7 Å². The topological polar surface area (TPSA) is 86.5 Å². The van der Waals surface area contributed by atoms with Gasteiger partial charge in [-0.3, -0.25) is 19.7 Å². The second kappa shape index (κ2) is 5.40. The Morgan fingerprint density at radius 2 is 2.24 bits per heavy atom. The van der Waals surface area contributed by atoms with Crippen molar-refractivity contribution in [2.24, 2.45) is 0 Å². The van der Waals surface area contributed by atoms with Gasteiger partial charge in [-0.05, 0) is 0 Å². The Bertz CT molecular complexity index is 486. The lowest BCUT2D eigenvalue weighted by atomic mass is 10.0. The maximum Gasteiger partial charge on any atom is 0.273 e. The van der Waals surface area contributed by atoms with Crippen LogP contribution in [0.25, 0.3) is 0 Å². The van der Waals surface area contributed by atoms with E-state index in [9.17, 15) is 19.7 Å². The highest BCUT2D eigenvalue weighted by atomic mass is 35.5. The normalized spacial score (nSPS) is 9.76. The second-order valence-corrected chi connectivity index (χ2v) is 3.31. The number of methoxy groups -OCH3 is 1. The molecule has 0 aliphatic carbocycles. The molecule has 7 heteroatoms. The van der Waals surface area contributed by atoms with Crippen molar-refractivity contribution < 1.29 is 19.2 Å². The summed E-state index contributed by atoms with van der Waals surface area (Å²) in [5.41, 5.74) is -0.481. The van der Waals surface area contributed by atoms with Crippen LogP contribution in [0.1, 0.15) is 20.7 Å². The molecule has 1 rings (SSSR count). The van der Waals surface area contributed by atoms with E-state index in [4.69, 9.17) is 16.3 Å². The molecule has 0 N–H and O–H groups in total. The SMILES string of the molecule is COc1cc([N+](=O)[O-])cc(C(=O)CCl)c1C=O. The van der Waals surface area contributed by atoms with Crippen molar-refractivity contribution in [2.75, 3.05) is 13.0 Å². The number of rotatable bonds is 5. The highest BCUT2D eigenvalue weighted by Gasteiger charge is 2.20. The fourth-order valence-electron chi connectivity index (χ4n) is 1.31. The average molecular weight is 258 g/mol. The number of hydrogen-bond donors (Lipinski definition) is 0. The van der Waals surface area contributed by atoms with E-state index in [1.54, 1.807) is 0 Å². The number of Topliss-reactive ketones (excluding diaryl/α,β-unsaturated/α-hetero) is 1. The minimum absolute atomic E-state index is 0.0253. The molecule has 17 heavy (non-hydrogen) atoms. The molecule has 1 aromatic carbocycles. The van der Waals surface area contributed by atoms with Gasteiger partial charge in [0.05, 0.1) is 29.5 Å². The summed E-state index contributed by atoms with van der Waals surface area (Å²) >= 11 is 5.37. The molecule has 0 aromatic heterocycles. The smallest absolute Gasteiger partial charge is 0.273 e. The number of carbonyl (C=O) groups is 2. The molecule has 0 fully saturated rings. The van der Waals surface area contributed by atoms with Crippen molar-refractivity contribution in [1.82, 2.24) is 0 Å². The number of nitro benzene ring substituents is 1. The Morgan fingerprint density at radius 1 is 1.59 bits per heavy atom. The van der Waals surface area contributed by atoms with Crippen molar-refractivity contribution in [3.63, 3.8) is 0 Å². The van der Waals surface area contributed by atoms with Crippen LogP contribution in [-0.4, -0.2) is 30.0 Å². The van der Waals surface area contributed by atoms with E-state index >= 15 is 0 Å². The van der Waals surface area contributed by atoms with Gasteiger partial charge in [-0.1, -0.05) is 0 Å². The van der Waals surface area contributed by atoms with Crippen molar-refractivity contribution >= 4 is 29.4 Å². The Kier molecular flexibility index (Phi) is 4.17. The monoisotopic (exact) mass is 257 g/mol. The number of nitrogens with zero attached hydrogens (tertiary/aromatic N) is 1. The molecule has 0 unspecified atom stereocenters. The van der Waals surface area contributed by atoms with Crippen LogP contribution in [0.4, 0.5) is 5.69 Å². The summed E-state index contributed by atoms with van der Waals surface area (Å²) in [5, 5.41) is 10.6. The molecule has 90 valence electrons. The molecule has 6 nitrogen and oxygen atoms in total. The lowest BCUT2D eigenvalue weighted by Crippen LogP contribution is -2.07. The number of benzene rings is 1. The zero-order valence-electron chi connectivity index (χ0n) is 8.81. The third-order valence-electron chi connectivity index (χ3n) is 2.10. The lowest BCUT2D eigenvalue weighted by molar-refractivity contribution is -0.385. The van der Waals surface area contributed by atoms with Crippen molar-refractivity contribution in [2.45, 2.75) is 0 Å². The zero-order valence-corrected chi connectivity index (χ0v) is 9.56. The van der Waals surface area contributed by atoms with Crippen LogP contribution < -0.4 is 4.74 Å². The number of ketones is 1. The van der Waals surface area contributed by atoms with E-state index in [2.05, 4.69) is 0 Å². The van der Waals surface area contributed by atoms with Crippen molar-refractivity contribution in [1.29, 1.82) is 0 Å². The van der Waals surface area contributed by atoms with E-state index in [0.29, 0.717) is 6.29 Å². The molecule has 0 aliphatic rings. The predicted octanol–water partition coefficient (Wildman–Crippen LogP) is 1.84. The molecule has 1 aromatic rings. The zero-order chi connectivity index (χ0) is 13.0. The van der Waals surface area contributed by atoms with Gasteiger partial charge in [0.1, 0.15) is 5.75 Å². The molecule has 0 saturated heterocycles. The molecule has 0 heterocycles. The fraction of sp³-hybridized carbons (Fsp3) is 0.200. The first-order valence-electron chi connectivity index (χ1n) is 4.46. The van der Waals surface area contributed by atoms with Crippen LogP contribution in [0.15, 0.2) is 12.1 Å². The van der Waals surface area contributed by atoms with Gasteiger partial charge in [0, 0.05) is 11.6 Å². The van der Waals surface area contributed by atoms with E-state index in [0.717, 1.165) is 12.1 Å². The first-order chi connectivity index (χ1) is 8.04. The van der Waals surface area contributed by atoms with Crippen LogP contribution in [0.3, 0.4) is 0 Å². The maximum atomic E-state index is 11.5. The van der Waals surface area contributed by atoms with Gasteiger partial charge in [0.2, 0.25) is 0 Å². The Labute approximate surface area is 101 Å². The predicted molar refractivity (Wildman–Crippen MR) is 60.1 cm³/mol. The van der Waals surface area contributed by atoms with Crippen molar-refractivity contribution in [3.05, 3.63) is 33.4 Å². The molecular formula is C10H8ClNO5. The van der Waals surface area contributed by atoms with Gasteiger partial charge >= 0.3 is 0 Å². The van der Waals surface area contributed by atoms with Crippen LogP contribution in [-0.2, 0) is 0 Å². The average Bonchev–Trinajstić information content (AvgIpc) is 2.35. The van der Waals surface area contributed by atoms with Crippen LogP contribution in [0.5, 0.6) is 5.75 Å². The lowest BCUT2D eigenvalue weighted by Gasteiger charge is -2.07. The molecule has 0 saturated carbocycles. The summed E-state index contributed by atoms with van der Waals surface area (Å²) in [6, 6.07) is 2.09. The molecular weight excluding hydrogens is 250 g/mol. The summed E-state index contributed by atoms with van der Waals surface area (Å²) in [4.78, 5) is 32.3. The number of carbonyl (C=O) groups excluding carboxylic acids is 2. The number of aldehydes is 1. The molecule has 0 amide bonds. The van der Waals surface area contributed by atoms with E-state index in [-0.39, 0.29) is 28.4 Å². The minimum Gasteiger partial charge on any atom is -0.496 e. The number of nitro groups is 1. The number of hydrogen-bond acceptors (Lipinski definition) is 5. The number of halogens is 1. The number of non-ortho nitro benzene ring substituents is 1. The van der Waals surface area contributed by atoms with E-state index in [1.807, 2.05) is 0 Å². The summed E-state index contributed by atoms with van der Waals surface area (Å²) < 4.78 is 4.83. The van der Waals surface area contributed by atoms with Crippen LogP contribution >= 0.6 is 11.6 Å². The third kappa shape index (κ3) is 2.59. The fourth-order valence-corrected chi connectivity index (χ4v) is 1.45. The summed E-state index contributed by atoms with van der Waals surface area (Å²) in [6.45, 7) is 0. The molecule has 0 aliphatic heterocycles. The maximum absolute atomic E-state index is 11.5. The first kappa shape index (κ1) is 13.1. The highest BCUT2D eigenvalue weighted by Crippen LogP contribution is 2.28. The molecule has 0 radical (unpaired) electrons. The largest absolute Gasteiger partial charge is 0.496 e. The highest BCUT2D eigenvalue weighted by molar-refractivity contribution is 6.31. The summed E-state index contributed by atoms with van der Waals surface area (Å²) in [6.07, 6.45) is 0.405. The Balaban J connectivity index is 3.53. The number of ether oxygens (including phenoxy) is 1. The van der Waals surface area contributed by atoms with Crippen LogP contribution in [0.2, 0.25) is 0 Å². The quantitative estimate of drug-likeness (QED) is 0.264. The van der Waals surface area contributed by atoms with Gasteiger partial charge in [-0.2, -0.15) is 0 Å². The van der Waals surface area contributed by atoms with Gasteiger partial charge in [0.15, 0.2) is 12.1 Å². The van der Waals surface area contributed by atoms with Gasteiger partial charge < -0.3 is 4.74 Å². The van der Waals surface area contributed by atoms with Crippen LogP contribution in [0, 0.1) is 10.1 Å². The molecule has 0 bridgehead atoms. The van der Waals surface area contributed by atoms with Crippen molar-refractivity contribution in [3.8, 4) is 5.75 Å². The number of alkyl halides is 1. The van der Waals surface area contributed by atoms with E-state index in [1.165, 1.54) is 7.11 Å². The second-order valence-electron chi connectivity index (χ2n) is 3.04. The standard InChI is InChI=1S/C10H8ClNO5/c1-17-10-3-6(12(15)16)2-7(8(10)5-13)9(14)4-11/h2-3,5H,4H2,1H3. The summed E-state index contributed by atoms with van der Waals surface area (Å²) in [5.74, 6) is -0.969. The Hall–Kier alpha value is -1.95. The summed E-state index contributed by atoms with van der Waals surface area (Å²) in [7, 11) is 1.25. The van der Waals surface area contributed by atoms with Gasteiger partial charge in [0.25, 0.3) is 5.69 Å². The Morgan fingerprint density at radius 3 is 2.65 bits per heavy atom. The molecule has 0 atom stereocenters. The molecule has 0 spiro atoms. The minimum atomic E-state index is -0.678.